The standard InChI is InChI=1S/C32H47ClN2O2/c1-23(2)28-14-9-24(3)21-31(28)37-32(36)8-6-18-35-19-15-25(16-20-35)22-29(30-7-4-5-17-34-30)26-10-12-27(33)13-11-26/h4,7,10-13,23-25,28-29,31H,5-6,8-9,14-22H2,1-3H3/t24-,28?,29+,31-/m1/s1. The zero-order valence-electron chi connectivity index (χ0n) is 23.2. The van der Waals surface area contributed by atoms with E-state index in [0.717, 1.165) is 56.9 Å². The van der Waals surface area contributed by atoms with Crippen LogP contribution in [0, 0.1) is 23.7 Å². The summed E-state index contributed by atoms with van der Waals surface area (Å²) in [7, 11) is 0. The van der Waals surface area contributed by atoms with Crippen molar-refractivity contribution in [3.05, 3.63) is 47.0 Å². The molecule has 0 bridgehead atoms. The molecule has 1 aromatic rings. The summed E-state index contributed by atoms with van der Waals surface area (Å²) < 4.78 is 6.01. The van der Waals surface area contributed by atoms with Gasteiger partial charge in [0.05, 0.1) is 0 Å². The second-order valence-corrected chi connectivity index (χ2v) is 12.5. The van der Waals surface area contributed by atoms with Crippen LogP contribution in [0.25, 0.3) is 0 Å². The average molecular weight is 527 g/mol. The second kappa shape index (κ2) is 13.9. The summed E-state index contributed by atoms with van der Waals surface area (Å²) in [5, 5.41) is 0.786. The van der Waals surface area contributed by atoms with Gasteiger partial charge in [0.2, 0.25) is 0 Å². The lowest BCUT2D eigenvalue weighted by molar-refractivity contribution is -0.156. The Morgan fingerprint density at radius 2 is 1.89 bits per heavy atom. The van der Waals surface area contributed by atoms with Gasteiger partial charge in [0.25, 0.3) is 0 Å². The molecule has 1 aliphatic carbocycles. The van der Waals surface area contributed by atoms with E-state index in [4.69, 9.17) is 21.3 Å². The van der Waals surface area contributed by atoms with Gasteiger partial charge in [-0.25, -0.2) is 0 Å². The van der Waals surface area contributed by atoms with E-state index in [2.05, 4.69) is 50.0 Å². The van der Waals surface area contributed by atoms with Crippen LogP contribution in [-0.4, -0.2) is 48.9 Å². The third-order valence-corrected chi connectivity index (χ3v) is 9.14. The number of dihydropyridines is 1. The fourth-order valence-electron chi connectivity index (χ4n) is 6.58. The Hall–Kier alpha value is -1.65. The Labute approximate surface area is 229 Å². The molecule has 0 aromatic heterocycles. The van der Waals surface area contributed by atoms with Gasteiger partial charge < -0.3 is 9.64 Å². The summed E-state index contributed by atoms with van der Waals surface area (Å²) >= 11 is 6.17. The molecule has 5 heteroatoms. The van der Waals surface area contributed by atoms with Gasteiger partial charge in [0.15, 0.2) is 0 Å². The smallest absolute Gasteiger partial charge is 0.306 e. The van der Waals surface area contributed by atoms with Crippen molar-refractivity contribution in [2.75, 3.05) is 26.2 Å². The van der Waals surface area contributed by atoms with E-state index in [-0.39, 0.29) is 12.1 Å². The molecule has 2 fully saturated rings. The van der Waals surface area contributed by atoms with E-state index in [1.54, 1.807) is 0 Å². The van der Waals surface area contributed by atoms with Crippen molar-refractivity contribution in [3.63, 3.8) is 0 Å². The molecule has 4 atom stereocenters. The van der Waals surface area contributed by atoms with Crippen LogP contribution in [0.3, 0.4) is 0 Å². The maximum atomic E-state index is 12.6. The minimum Gasteiger partial charge on any atom is -0.462 e. The van der Waals surface area contributed by atoms with Crippen LogP contribution < -0.4 is 0 Å². The number of halogens is 1. The molecule has 0 amide bonds. The number of hydrogen-bond acceptors (Lipinski definition) is 4. The molecule has 2 heterocycles. The van der Waals surface area contributed by atoms with Gasteiger partial charge in [-0.3, -0.25) is 9.79 Å². The summed E-state index contributed by atoms with van der Waals surface area (Å²) in [6.45, 7) is 10.9. The number of nitrogens with zero attached hydrogens (tertiary/aromatic N) is 2. The summed E-state index contributed by atoms with van der Waals surface area (Å²) in [5.41, 5.74) is 2.55. The molecule has 4 nitrogen and oxygen atoms in total. The molecule has 3 aliphatic rings. The quantitative estimate of drug-likeness (QED) is 0.293. The van der Waals surface area contributed by atoms with E-state index < -0.39 is 0 Å². The number of carbonyl (C=O) groups is 1. The van der Waals surface area contributed by atoms with Gasteiger partial charge in [-0.2, -0.15) is 0 Å². The highest BCUT2D eigenvalue weighted by molar-refractivity contribution is 6.30. The largest absolute Gasteiger partial charge is 0.462 e. The van der Waals surface area contributed by atoms with Crippen LogP contribution in [-0.2, 0) is 9.53 Å². The molecule has 1 aromatic carbocycles. The minimum absolute atomic E-state index is 0.00625. The van der Waals surface area contributed by atoms with E-state index in [9.17, 15) is 4.79 Å². The Kier molecular flexibility index (Phi) is 10.7. The van der Waals surface area contributed by atoms with Crippen molar-refractivity contribution in [3.8, 4) is 0 Å². The summed E-state index contributed by atoms with van der Waals surface area (Å²) in [5.74, 6) is 2.80. The predicted molar refractivity (Wildman–Crippen MR) is 154 cm³/mol. The number of likely N-dealkylation sites (tertiary alicyclic amines) is 1. The molecular weight excluding hydrogens is 480 g/mol. The molecule has 2 aliphatic heterocycles. The van der Waals surface area contributed by atoms with Crippen molar-refractivity contribution in [2.45, 2.75) is 90.6 Å². The topological polar surface area (TPSA) is 41.9 Å². The summed E-state index contributed by atoms with van der Waals surface area (Å²) in [6, 6.07) is 8.35. The van der Waals surface area contributed by atoms with Crippen molar-refractivity contribution < 1.29 is 9.53 Å². The predicted octanol–water partition coefficient (Wildman–Crippen LogP) is 7.71. The van der Waals surface area contributed by atoms with Crippen molar-refractivity contribution >= 4 is 23.3 Å². The fourth-order valence-corrected chi connectivity index (χ4v) is 6.70. The summed E-state index contributed by atoms with van der Waals surface area (Å²) in [4.78, 5) is 20.1. The molecule has 0 spiro atoms. The van der Waals surface area contributed by atoms with Gasteiger partial charge in [-0.05, 0) is 112 Å². The van der Waals surface area contributed by atoms with E-state index in [1.807, 2.05) is 12.1 Å². The molecule has 0 radical (unpaired) electrons. The molecule has 37 heavy (non-hydrogen) atoms. The highest BCUT2D eigenvalue weighted by atomic mass is 35.5. The fraction of sp³-hybridized carbons (Fsp3) is 0.688. The second-order valence-electron chi connectivity index (χ2n) is 12.1. The maximum Gasteiger partial charge on any atom is 0.306 e. The number of benzene rings is 1. The van der Waals surface area contributed by atoms with Gasteiger partial charge in [0.1, 0.15) is 6.10 Å². The first-order valence-electron chi connectivity index (χ1n) is 14.8. The van der Waals surface area contributed by atoms with Crippen LogP contribution >= 0.6 is 11.6 Å². The van der Waals surface area contributed by atoms with E-state index in [1.165, 1.54) is 37.0 Å². The van der Waals surface area contributed by atoms with Crippen molar-refractivity contribution in [2.24, 2.45) is 28.7 Å². The highest BCUT2D eigenvalue weighted by Crippen LogP contribution is 2.36. The maximum absolute atomic E-state index is 12.6. The normalized spacial score (nSPS) is 26.2. The molecule has 1 saturated carbocycles. The Balaban J connectivity index is 1.21. The van der Waals surface area contributed by atoms with Gasteiger partial charge >= 0.3 is 5.97 Å². The van der Waals surface area contributed by atoms with Crippen LogP contribution in [0.1, 0.15) is 90.0 Å². The van der Waals surface area contributed by atoms with E-state index >= 15 is 0 Å². The third kappa shape index (κ3) is 8.42. The Morgan fingerprint density at radius 3 is 2.57 bits per heavy atom. The van der Waals surface area contributed by atoms with Crippen LogP contribution in [0.15, 0.2) is 41.4 Å². The Bertz CT molecular complexity index is 917. The Morgan fingerprint density at radius 1 is 1.14 bits per heavy atom. The van der Waals surface area contributed by atoms with Gasteiger partial charge in [-0.15, -0.1) is 0 Å². The van der Waals surface area contributed by atoms with Crippen LogP contribution in [0.4, 0.5) is 0 Å². The first kappa shape index (κ1) is 28.4. The lowest BCUT2D eigenvalue weighted by atomic mass is 9.75. The summed E-state index contributed by atoms with van der Waals surface area (Å²) in [6.07, 6.45) is 14.1. The zero-order chi connectivity index (χ0) is 26.2. The number of hydrogen-bond donors (Lipinski definition) is 0. The van der Waals surface area contributed by atoms with Crippen LogP contribution in [0.2, 0.25) is 5.02 Å². The molecule has 1 unspecified atom stereocenters. The van der Waals surface area contributed by atoms with Gasteiger partial charge in [-0.1, -0.05) is 57.0 Å². The third-order valence-electron chi connectivity index (χ3n) is 8.88. The SMILES string of the molecule is CC(C)C1CC[C@@H](C)C[C@H]1OC(=O)CCCN1CCC(C[C@H](C2=NCCC=C2)c2ccc(Cl)cc2)CC1. The number of allylic oxidation sites excluding steroid dienone is 1. The van der Waals surface area contributed by atoms with Crippen molar-refractivity contribution in [1.29, 1.82) is 0 Å². The molecule has 0 N–H and O–H groups in total. The molecule has 204 valence electrons. The highest BCUT2D eigenvalue weighted by Gasteiger charge is 2.33. The molecule has 1 saturated heterocycles. The number of aliphatic imine (C=N–C) groups is 1. The average Bonchev–Trinajstić information content (AvgIpc) is 2.89. The number of carbonyl (C=O) groups excluding carboxylic acids is 1. The minimum atomic E-state index is 0.00625. The number of ether oxygens (including phenoxy) is 1. The number of esters is 1. The monoisotopic (exact) mass is 526 g/mol. The molecular formula is C32H47ClN2O2. The first-order valence-corrected chi connectivity index (χ1v) is 15.1. The number of piperidine rings is 1. The molecule has 4 rings (SSSR count). The lowest BCUT2D eigenvalue weighted by Crippen LogP contribution is -2.37. The van der Waals surface area contributed by atoms with Crippen LogP contribution in [0.5, 0.6) is 0 Å². The first-order chi connectivity index (χ1) is 17.9. The van der Waals surface area contributed by atoms with Gasteiger partial charge in [0, 0.05) is 29.6 Å². The van der Waals surface area contributed by atoms with Crippen molar-refractivity contribution in [1.82, 2.24) is 4.90 Å². The zero-order valence-corrected chi connectivity index (χ0v) is 24.0. The number of rotatable bonds is 10. The lowest BCUT2D eigenvalue weighted by Gasteiger charge is -2.36. The van der Waals surface area contributed by atoms with E-state index in [0.29, 0.717) is 36.0 Å².